The molecule has 0 saturated carbocycles. The maximum absolute atomic E-state index is 13.1. The molecule has 0 aliphatic carbocycles. The summed E-state index contributed by atoms with van der Waals surface area (Å²) in [7, 11) is 1.59. The molecule has 0 unspecified atom stereocenters. The highest BCUT2D eigenvalue weighted by atomic mass is 79.9. The summed E-state index contributed by atoms with van der Waals surface area (Å²) in [4.78, 5) is 27.8. The lowest BCUT2D eigenvalue weighted by molar-refractivity contribution is 0.0985. The fourth-order valence-electron chi connectivity index (χ4n) is 3.18. The lowest BCUT2D eigenvalue weighted by Crippen LogP contribution is -2.30. The number of methoxy groups -OCH3 is 1. The van der Waals surface area contributed by atoms with Gasteiger partial charge in [-0.25, -0.2) is 0 Å². The first-order valence-corrected chi connectivity index (χ1v) is 11.0. The number of nitrogens with zero attached hydrogens (tertiary/aromatic N) is 1. The molecule has 3 aromatic carbocycles. The van der Waals surface area contributed by atoms with Crippen LogP contribution in [-0.2, 0) is 4.74 Å². The maximum Gasteiger partial charge on any atom is 0.259 e. The summed E-state index contributed by atoms with van der Waals surface area (Å²) < 4.78 is 11.4. The summed E-state index contributed by atoms with van der Waals surface area (Å²) >= 11 is 3.40. The van der Waals surface area contributed by atoms with Gasteiger partial charge in [0.2, 0.25) is 0 Å². The van der Waals surface area contributed by atoms with E-state index in [1.165, 1.54) is 0 Å². The number of hydrogen-bond donors (Lipinski definition) is 1. The van der Waals surface area contributed by atoms with Crippen molar-refractivity contribution in [2.24, 2.45) is 0 Å². The minimum absolute atomic E-state index is 0.138. The summed E-state index contributed by atoms with van der Waals surface area (Å²) in [5.74, 6) is -0.0178. The zero-order valence-electron chi connectivity index (χ0n) is 18.0. The van der Waals surface area contributed by atoms with E-state index in [4.69, 9.17) is 9.47 Å². The van der Waals surface area contributed by atoms with Gasteiger partial charge in [0.1, 0.15) is 12.4 Å². The Kier molecular flexibility index (Phi) is 8.41. The number of ether oxygens (including phenoxy) is 2. The van der Waals surface area contributed by atoms with Crippen LogP contribution < -0.4 is 15.0 Å². The topological polar surface area (TPSA) is 67.9 Å². The molecule has 3 rings (SSSR count). The van der Waals surface area contributed by atoms with E-state index in [-0.39, 0.29) is 11.8 Å². The standard InChI is InChI=1S/C25H25BrN2O4/c1-3-28(21-10-5-4-6-11-21)25(30)18-8-7-9-20(16-18)27-24(29)22-17-19(26)12-13-23(22)32-15-14-31-2/h4-13,16-17H,3,14-15H2,1-2H3,(H,27,29). The molecule has 7 heteroatoms. The van der Waals surface area contributed by atoms with Crippen LogP contribution in [0.2, 0.25) is 0 Å². The number of anilines is 2. The molecule has 3 aromatic rings. The van der Waals surface area contributed by atoms with Crippen molar-refractivity contribution in [1.82, 2.24) is 0 Å². The number of carbonyl (C=O) groups excluding carboxylic acids is 2. The van der Waals surface area contributed by atoms with Crippen LogP contribution in [-0.4, -0.2) is 38.7 Å². The molecule has 2 amide bonds. The second kappa shape index (κ2) is 11.5. The minimum Gasteiger partial charge on any atom is -0.490 e. The summed E-state index contributed by atoms with van der Waals surface area (Å²) in [5.41, 5.74) is 2.21. The van der Waals surface area contributed by atoms with E-state index in [9.17, 15) is 9.59 Å². The van der Waals surface area contributed by atoms with Crippen molar-refractivity contribution in [3.05, 3.63) is 88.4 Å². The third kappa shape index (κ3) is 5.96. The number of amides is 2. The molecule has 0 aliphatic rings. The van der Waals surface area contributed by atoms with E-state index in [0.29, 0.717) is 42.3 Å². The Bertz CT molecular complexity index is 1070. The number of carbonyl (C=O) groups is 2. The van der Waals surface area contributed by atoms with Gasteiger partial charge in [-0.2, -0.15) is 0 Å². The van der Waals surface area contributed by atoms with Crippen LogP contribution in [0.25, 0.3) is 0 Å². The molecule has 166 valence electrons. The lowest BCUT2D eigenvalue weighted by Gasteiger charge is -2.21. The summed E-state index contributed by atoms with van der Waals surface area (Å²) in [6.45, 7) is 3.19. The van der Waals surface area contributed by atoms with Crippen molar-refractivity contribution in [3.8, 4) is 5.75 Å². The lowest BCUT2D eigenvalue weighted by atomic mass is 10.1. The van der Waals surface area contributed by atoms with Gasteiger partial charge in [-0.15, -0.1) is 0 Å². The normalized spacial score (nSPS) is 10.5. The van der Waals surface area contributed by atoms with E-state index in [1.54, 1.807) is 54.5 Å². The largest absolute Gasteiger partial charge is 0.490 e. The van der Waals surface area contributed by atoms with E-state index < -0.39 is 0 Å². The van der Waals surface area contributed by atoms with E-state index in [0.717, 1.165) is 10.2 Å². The number of rotatable bonds is 9. The summed E-state index contributed by atoms with van der Waals surface area (Å²) in [5, 5.41) is 2.87. The van der Waals surface area contributed by atoms with Gasteiger partial charge in [-0.1, -0.05) is 40.2 Å². The fraction of sp³-hybridized carbons (Fsp3) is 0.200. The summed E-state index contributed by atoms with van der Waals surface area (Å²) in [6.07, 6.45) is 0. The molecular weight excluding hydrogens is 472 g/mol. The van der Waals surface area contributed by atoms with Gasteiger partial charge in [0.15, 0.2) is 0 Å². The number of nitrogens with one attached hydrogen (secondary N) is 1. The third-order valence-corrected chi connectivity index (χ3v) is 5.22. The first kappa shape index (κ1) is 23.5. The Morgan fingerprint density at radius 3 is 2.47 bits per heavy atom. The van der Waals surface area contributed by atoms with Crippen LogP contribution in [0.15, 0.2) is 77.3 Å². The Morgan fingerprint density at radius 1 is 0.969 bits per heavy atom. The second-order valence-corrected chi connectivity index (χ2v) is 7.82. The van der Waals surface area contributed by atoms with Crippen LogP contribution in [0.3, 0.4) is 0 Å². The highest BCUT2D eigenvalue weighted by Crippen LogP contribution is 2.25. The predicted molar refractivity (Wildman–Crippen MR) is 130 cm³/mol. The first-order valence-electron chi connectivity index (χ1n) is 10.2. The van der Waals surface area contributed by atoms with E-state index in [2.05, 4.69) is 21.2 Å². The van der Waals surface area contributed by atoms with Crippen LogP contribution in [0.5, 0.6) is 5.75 Å². The average molecular weight is 497 g/mol. The van der Waals surface area contributed by atoms with Gasteiger partial charge in [-0.3, -0.25) is 9.59 Å². The zero-order valence-corrected chi connectivity index (χ0v) is 19.6. The van der Waals surface area contributed by atoms with Crippen molar-refractivity contribution in [1.29, 1.82) is 0 Å². The van der Waals surface area contributed by atoms with Crippen molar-refractivity contribution < 1.29 is 19.1 Å². The molecule has 6 nitrogen and oxygen atoms in total. The third-order valence-electron chi connectivity index (χ3n) is 4.73. The van der Waals surface area contributed by atoms with Crippen molar-refractivity contribution in [2.75, 3.05) is 37.1 Å². The Morgan fingerprint density at radius 2 is 1.75 bits per heavy atom. The molecule has 1 N–H and O–H groups in total. The Labute approximate surface area is 196 Å². The smallest absolute Gasteiger partial charge is 0.259 e. The molecule has 0 fully saturated rings. The van der Waals surface area contributed by atoms with Gasteiger partial charge in [0.05, 0.1) is 12.2 Å². The number of para-hydroxylation sites is 1. The SMILES string of the molecule is CCN(C(=O)c1cccc(NC(=O)c2cc(Br)ccc2OCCOC)c1)c1ccccc1. The van der Waals surface area contributed by atoms with Crippen LogP contribution in [0.4, 0.5) is 11.4 Å². The maximum atomic E-state index is 13.1. The van der Waals surface area contributed by atoms with Crippen LogP contribution in [0.1, 0.15) is 27.6 Å². The second-order valence-electron chi connectivity index (χ2n) is 6.90. The number of hydrogen-bond acceptors (Lipinski definition) is 4. The van der Waals surface area contributed by atoms with Crippen LogP contribution in [0, 0.1) is 0 Å². The van der Waals surface area contributed by atoms with Gasteiger partial charge in [0.25, 0.3) is 11.8 Å². The number of halogens is 1. The molecule has 0 spiro atoms. The minimum atomic E-state index is -0.335. The van der Waals surface area contributed by atoms with Crippen LogP contribution >= 0.6 is 15.9 Å². The van der Waals surface area contributed by atoms with E-state index >= 15 is 0 Å². The molecule has 0 radical (unpaired) electrons. The fourth-order valence-corrected chi connectivity index (χ4v) is 3.54. The first-order chi connectivity index (χ1) is 15.5. The Hall–Kier alpha value is -3.16. The summed E-state index contributed by atoms with van der Waals surface area (Å²) in [6, 6.07) is 21.6. The van der Waals surface area contributed by atoms with E-state index in [1.807, 2.05) is 37.3 Å². The molecule has 0 atom stereocenters. The van der Waals surface area contributed by atoms with Gasteiger partial charge in [-0.05, 0) is 55.5 Å². The molecule has 0 aliphatic heterocycles. The van der Waals surface area contributed by atoms with Gasteiger partial charge < -0.3 is 19.7 Å². The highest BCUT2D eigenvalue weighted by molar-refractivity contribution is 9.10. The Balaban J connectivity index is 1.80. The molecule has 0 aromatic heterocycles. The molecule has 0 heterocycles. The molecule has 0 saturated heterocycles. The highest BCUT2D eigenvalue weighted by Gasteiger charge is 2.18. The quantitative estimate of drug-likeness (QED) is 0.403. The predicted octanol–water partition coefficient (Wildman–Crippen LogP) is 5.39. The van der Waals surface area contributed by atoms with Gasteiger partial charge in [0, 0.05) is 35.1 Å². The zero-order chi connectivity index (χ0) is 22.9. The average Bonchev–Trinajstić information content (AvgIpc) is 2.81. The molecular formula is C25H25BrN2O4. The van der Waals surface area contributed by atoms with Crippen molar-refractivity contribution >= 4 is 39.1 Å². The molecule has 0 bridgehead atoms. The van der Waals surface area contributed by atoms with Gasteiger partial charge >= 0.3 is 0 Å². The number of benzene rings is 3. The van der Waals surface area contributed by atoms with Crippen molar-refractivity contribution in [2.45, 2.75) is 6.92 Å². The van der Waals surface area contributed by atoms with Crippen molar-refractivity contribution in [3.63, 3.8) is 0 Å². The monoisotopic (exact) mass is 496 g/mol. The molecule has 32 heavy (non-hydrogen) atoms.